The maximum Gasteiger partial charge on any atom is 0.279 e. The second-order valence-corrected chi connectivity index (χ2v) is 4.52. The molecule has 94 valence electrons. The third-order valence-corrected chi connectivity index (χ3v) is 2.77. The number of nitrogen functional groups attached to an aromatic ring is 1. The van der Waals surface area contributed by atoms with Crippen LogP contribution in [0.5, 0.6) is 0 Å². The quantitative estimate of drug-likeness (QED) is 0.906. The normalized spacial score (nSPS) is 10.3. The van der Waals surface area contributed by atoms with Gasteiger partial charge in [-0.15, -0.1) is 0 Å². The molecule has 2 aromatic rings. The molecule has 2 rings (SSSR count). The number of carbonyl (C=O) groups excluding carboxylic acids is 1. The Morgan fingerprint density at radius 3 is 2.89 bits per heavy atom. The number of nitrogens with zero attached hydrogens (tertiary/aromatic N) is 3. The molecule has 6 nitrogen and oxygen atoms in total. The summed E-state index contributed by atoms with van der Waals surface area (Å²) in [7, 11) is 0. The molecule has 0 bridgehead atoms. The number of amides is 1. The number of rotatable bonds is 3. The van der Waals surface area contributed by atoms with Gasteiger partial charge in [0.25, 0.3) is 5.91 Å². The molecule has 0 spiro atoms. The molecule has 7 heteroatoms. The molecule has 0 saturated heterocycles. The van der Waals surface area contributed by atoms with Gasteiger partial charge in [-0.1, -0.05) is 0 Å². The molecule has 0 aromatic carbocycles. The first-order valence-corrected chi connectivity index (χ1v) is 6.15. The molecule has 1 amide bonds. The van der Waals surface area contributed by atoms with Gasteiger partial charge in [-0.05, 0) is 35.0 Å². The van der Waals surface area contributed by atoms with Crippen molar-refractivity contribution in [1.29, 1.82) is 0 Å². The molecule has 18 heavy (non-hydrogen) atoms. The van der Waals surface area contributed by atoms with E-state index in [1.165, 1.54) is 0 Å². The molecule has 0 aliphatic rings. The van der Waals surface area contributed by atoms with E-state index < -0.39 is 0 Å². The Hall–Kier alpha value is -1.89. The first-order valence-electron chi connectivity index (χ1n) is 5.36. The van der Waals surface area contributed by atoms with Crippen LogP contribution in [-0.2, 0) is 6.54 Å². The van der Waals surface area contributed by atoms with Gasteiger partial charge in [0.1, 0.15) is 5.82 Å². The number of carbonyl (C=O) groups is 1. The van der Waals surface area contributed by atoms with Crippen molar-refractivity contribution in [1.82, 2.24) is 14.8 Å². The highest BCUT2D eigenvalue weighted by atomic mass is 79.9. The number of hydrogen-bond donors (Lipinski definition) is 2. The first-order chi connectivity index (χ1) is 8.60. The molecular weight excluding hydrogens is 298 g/mol. The Kier molecular flexibility index (Phi) is 3.61. The fourth-order valence-electron chi connectivity index (χ4n) is 1.40. The Morgan fingerprint density at radius 1 is 1.56 bits per heavy atom. The van der Waals surface area contributed by atoms with Gasteiger partial charge in [-0.25, -0.2) is 4.98 Å². The van der Waals surface area contributed by atoms with Crippen molar-refractivity contribution in [2.45, 2.75) is 13.5 Å². The number of aryl methyl sites for hydroxylation is 1. The van der Waals surface area contributed by atoms with Gasteiger partial charge in [-0.2, -0.15) is 5.10 Å². The van der Waals surface area contributed by atoms with Crippen molar-refractivity contribution in [3.63, 3.8) is 0 Å². The lowest BCUT2D eigenvalue weighted by Crippen LogP contribution is -2.15. The van der Waals surface area contributed by atoms with E-state index in [1.807, 2.05) is 6.92 Å². The summed E-state index contributed by atoms with van der Waals surface area (Å²) in [5.41, 5.74) is 6.29. The molecule has 2 aromatic heterocycles. The van der Waals surface area contributed by atoms with E-state index in [9.17, 15) is 4.79 Å². The lowest BCUT2D eigenvalue weighted by molar-refractivity contribution is 0.102. The molecule has 3 N–H and O–H groups in total. The monoisotopic (exact) mass is 309 g/mol. The van der Waals surface area contributed by atoms with Gasteiger partial charge in [0, 0.05) is 23.4 Å². The van der Waals surface area contributed by atoms with E-state index >= 15 is 0 Å². The molecule has 0 fully saturated rings. The number of pyridine rings is 1. The predicted molar refractivity (Wildman–Crippen MR) is 72.2 cm³/mol. The molecule has 0 unspecified atom stereocenters. The summed E-state index contributed by atoms with van der Waals surface area (Å²) in [6.07, 6.45) is 3.23. The minimum absolute atomic E-state index is 0.210. The summed E-state index contributed by atoms with van der Waals surface area (Å²) in [5.74, 6) is 0.0863. The van der Waals surface area contributed by atoms with E-state index in [0.29, 0.717) is 18.1 Å². The highest BCUT2D eigenvalue weighted by Gasteiger charge is 2.14. The van der Waals surface area contributed by atoms with Crippen molar-refractivity contribution < 1.29 is 4.79 Å². The van der Waals surface area contributed by atoms with Crippen LogP contribution in [0.15, 0.2) is 29.0 Å². The summed E-state index contributed by atoms with van der Waals surface area (Å²) in [5, 5.41) is 6.72. The molecule has 0 radical (unpaired) electrons. The van der Waals surface area contributed by atoms with Crippen molar-refractivity contribution in [3.8, 4) is 0 Å². The van der Waals surface area contributed by atoms with E-state index in [4.69, 9.17) is 5.73 Å². The topological polar surface area (TPSA) is 85.8 Å². The number of nitrogens with two attached hydrogens (primary N) is 1. The molecule has 0 aliphatic heterocycles. The zero-order valence-electron chi connectivity index (χ0n) is 9.72. The average molecular weight is 310 g/mol. The van der Waals surface area contributed by atoms with Crippen molar-refractivity contribution in [3.05, 3.63) is 34.7 Å². The second-order valence-electron chi connectivity index (χ2n) is 3.60. The Balaban J connectivity index is 2.16. The van der Waals surface area contributed by atoms with Gasteiger partial charge >= 0.3 is 0 Å². The van der Waals surface area contributed by atoms with E-state index in [1.54, 1.807) is 29.2 Å². The van der Waals surface area contributed by atoms with Crippen LogP contribution >= 0.6 is 15.9 Å². The Labute approximate surface area is 112 Å². The third-order valence-electron chi connectivity index (χ3n) is 2.30. The smallest absolute Gasteiger partial charge is 0.279 e. The minimum Gasteiger partial charge on any atom is -0.396 e. The lowest BCUT2D eigenvalue weighted by atomic mass is 10.3. The standard InChI is InChI=1S/C11H12BrN5O/c1-2-17-6-8(13)10(16-17)11(18)15-9-4-3-7(12)5-14-9/h3-6H,2,13H2,1H3,(H,14,15,18). The predicted octanol–water partition coefficient (Wildman–Crippen LogP) is 1.90. The fraction of sp³-hybridized carbons (Fsp3) is 0.182. The van der Waals surface area contributed by atoms with Crippen molar-refractivity contribution >= 4 is 33.3 Å². The van der Waals surface area contributed by atoms with E-state index in [2.05, 4.69) is 31.3 Å². The second kappa shape index (κ2) is 5.18. The lowest BCUT2D eigenvalue weighted by Gasteiger charge is -2.02. The van der Waals surface area contributed by atoms with Gasteiger partial charge < -0.3 is 11.1 Å². The fourth-order valence-corrected chi connectivity index (χ4v) is 1.64. The van der Waals surface area contributed by atoms with Crippen LogP contribution in [0.25, 0.3) is 0 Å². The third kappa shape index (κ3) is 2.67. The van der Waals surface area contributed by atoms with E-state index in [0.717, 1.165) is 4.47 Å². The van der Waals surface area contributed by atoms with Crippen LogP contribution < -0.4 is 11.1 Å². The number of nitrogens with one attached hydrogen (secondary N) is 1. The number of hydrogen-bond acceptors (Lipinski definition) is 4. The highest BCUT2D eigenvalue weighted by molar-refractivity contribution is 9.10. The maximum absolute atomic E-state index is 11.9. The summed E-state index contributed by atoms with van der Waals surface area (Å²) >= 11 is 3.27. The molecule has 0 aliphatic carbocycles. The largest absolute Gasteiger partial charge is 0.396 e. The zero-order valence-corrected chi connectivity index (χ0v) is 11.3. The average Bonchev–Trinajstić information content (AvgIpc) is 2.73. The SMILES string of the molecule is CCn1cc(N)c(C(=O)Nc2ccc(Br)cn2)n1. The van der Waals surface area contributed by atoms with Crippen molar-refractivity contribution in [2.24, 2.45) is 0 Å². The van der Waals surface area contributed by atoms with Gasteiger partial charge in [0.2, 0.25) is 0 Å². The number of halogens is 1. The first kappa shape index (κ1) is 12.6. The van der Waals surface area contributed by atoms with Gasteiger partial charge in [-0.3, -0.25) is 9.48 Å². The Morgan fingerprint density at radius 2 is 2.33 bits per heavy atom. The zero-order chi connectivity index (χ0) is 13.1. The summed E-state index contributed by atoms with van der Waals surface area (Å²) in [6, 6.07) is 3.48. The van der Waals surface area contributed by atoms with Crippen LogP contribution in [0, 0.1) is 0 Å². The molecule has 0 saturated carbocycles. The molecular formula is C11H12BrN5O. The van der Waals surface area contributed by atoms with Crippen LogP contribution in [-0.4, -0.2) is 20.7 Å². The minimum atomic E-state index is -0.366. The molecule has 0 atom stereocenters. The summed E-state index contributed by atoms with van der Waals surface area (Å²) in [6.45, 7) is 2.58. The maximum atomic E-state index is 11.9. The summed E-state index contributed by atoms with van der Waals surface area (Å²) < 4.78 is 2.45. The van der Waals surface area contributed by atoms with Gasteiger partial charge in [0.05, 0.1) is 5.69 Å². The Bertz CT molecular complexity index is 563. The molecule has 2 heterocycles. The summed E-state index contributed by atoms with van der Waals surface area (Å²) in [4.78, 5) is 16.0. The van der Waals surface area contributed by atoms with Gasteiger partial charge in [0.15, 0.2) is 5.69 Å². The number of aromatic nitrogens is 3. The van der Waals surface area contributed by atoms with Crippen LogP contribution in [0.1, 0.15) is 17.4 Å². The van der Waals surface area contributed by atoms with Crippen LogP contribution in [0.3, 0.4) is 0 Å². The van der Waals surface area contributed by atoms with E-state index in [-0.39, 0.29) is 11.6 Å². The van der Waals surface area contributed by atoms with Crippen LogP contribution in [0.4, 0.5) is 11.5 Å². The van der Waals surface area contributed by atoms with Crippen molar-refractivity contribution in [2.75, 3.05) is 11.1 Å². The van der Waals surface area contributed by atoms with Crippen LogP contribution in [0.2, 0.25) is 0 Å². The number of anilines is 2. The highest BCUT2D eigenvalue weighted by Crippen LogP contribution is 2.14.